The van der Waals surface area contributed by atoms with Crippen LogP contribution < -0.4 is 10.6 Å². The molecular weight excluding hydrogens is 324 g/mol. The predicted octanol–water partition coefficient (Wildman–Crippen LogP) is 3.71. The molecule has 1 aromatic carbocycles. The first-order valence-electron chi connectivity index (χ1n) is 6.48. The number of anilines is 1. The van der Waals surface area contributed by atoms with Crippen molar-refractivity contribution < 1.29 is 14.7 Å². The van der Waals surface area contributed by atoms with Crippen molar-refractivity contribution in [3.63, 3.8) is 0 Å². The van der Waals surface area contributed by atoms with E-state index in [1.165, 1.54) is 6.07 Å². The summed E-state index contributed by atoms with van der Waals surface area (Å²) in [5.74, 6) is -0.480. The van der Waals surface area contributed by atoms with E-state index in [1.807, 2.05) is 0 Å². The van der Waals surface area contributed by atoms with E-state index < -0.39 is 12.0 Å². The number of aromatic carboxylic acids is 1. The molecule has 20 heavy (non-hydrogen) atoms. The molecule has 6 heteroatoms. The smallest absolute Gasteiger partial charge is 0.337 e. The minimum Gasteiger partial charge on any atom is -0.478 e. The number of carboxylic acid groups (broad SMARTS) is 1. The van der Waals surface area contributed by atoms with Gasteiger partial charge in [0.25, 0.3) is 0 Å². The Bertz CT molecular complexity index is 489. The zero-order valence-corrected chi connectivity index (χ0v) is 13.2. The van der Waals surface area contributed by atoms with E-state index in [0.717, 1.165) is 12.8 Å². The first-order valence-corrected chi connectivity index (χ1v) is 7.27. The Morgan fingerprint density at radius 1 is 1.35 bits per heavy atom. The zero-order valence-electron chi connectivity index (χ0n) is 11.6. The van der Waals surface area contributed by atoms with E-state index in [4.69, 9.17) is 5.11 Å². The molecule has 0 saturated carbocycles. The quantitative estimate of drug-likeness (QED) is 0.689. The lowest BCUT2D eigenvalue weighted by Crippen LogP contribution is -2.30. The summed E-state index contributed by atoms with van der Waals surface area (Å²) in [5, 5.41) is 14.4. The van der Waals surface area contributed by atoms with Crippen molar-refractivity contribution in [3.05, 3.63) is 28.2 Å². The van der Waals surface area contributed by atoms with Gasteiger partial charge in [0.05, 0.1) is 11.3 Å². The van der Waals surface area contributed by atoms with Gasteiger partial charge in [0, 0.05) is 11.0 Å². The van der Waals surface area contributed by atoms with Crippen LogP contribution in [0, 0.1) is 5.92 Å². The van der Waals surface area contributed by atoms with Crippen LogP contribution in [0.5, 0.6) is 0 Å². The largest absolute Gasteiger partial charge is 0.478 e. The number of nitrogens with one attached hydrogen (secondary N) is 2. The monoisotopic (exact) mass is 342 g/mol. The molecule has 0 saturated heterocycles. The van der Waals surface area contributed by atoms with E-state index in [-0.39, 0.29) is 11.3 Å². The Hall–Kier alpha value is -1.56. The molecule has 1 aromatic rings. The van der Waals surface area contributed by atoms with E-state index in [1.54, 1.807) is 12.1 Å². The van der Waals surface area contributed by atoms with Crippen molar-refractivity contribution in [2.75, 3.05) is 11.9 Å². The van der Waals surface area contributed by atoms with Crippen LogP contribution in [0.3, 0.4) is 0 Å². The standard InChI is InChI=1S/C14H19BrN2O3/c1-9(2)4-3-7-16-14(20)17-12-6-5-10(15)8-11(12)13(18)19/h5-6,8-9H,3-4,7H2,1-2H3,(H,18,19)(H2,16,17,20). The third kappa shape index (κ3) is 5.61. The van der Waals surface area contributed by atoms with Crippen molar-refractivity contribution in [1.29, 1.82) is 0 Å². The molecule has 2 amide bonds. The highest BCUT2D eigenvalue weighted by Gasteiger charge is 2.12. The van der Waals surface area contributed by atoms with E-state index in [9.17, 15) is 9.59 Å². The van der Waals surface area contributed by atoms with Gasteiger partial charge < -0.3 is 15.7 Å². The molecule has 110 valence electrons. The fourth-order valence-corrected chi connectivity index (χ4v) is 2.04. The van der Waals surface area contributed by atoms with Gasteiger partial charge in [-0.1, -0.05) is 29.8 Å². The number of hydrogen-bond donors (Lipinski definition) is 3. The molecule has 3 N–H and O–H groups in total. The second-order valence-electron chi connectivity index (χ2n) is 4.91. The van der Waals surface area contributed by atoms with Crippen LogP contribution >= 0.6 is 15.9 Å². The fourth-order valence-electron chi connectivity index (χ4n) is 1.68. The number of halogens is 1. The summed E-state index contributed by atoms with van der Waals surface area (Å²) in [6.07, 6.45) is 1.94. The van der Waals surface area contributed by atoms with E-state index >= 15 is 0 Å². The van der Waals surface area contributed by atoms with E-state index in [0.29, 0.717) is 16.9 Å². The van der Waals surface area contributed by atoms with Gasteiger partial charge in [0.2, 0.25) is 0 Å². The zero-order chi connectivity index (χ0) is 15.1. The summed E-state index contributed by atoms with van der Waals surface area (Å²) in [7, 11) is 0. The maximum absolute atomic E-state index is 11.7. The van der Waals surface area contributed by atoms with Gasteiger partial charge in [-0.15, -0.1) is 0 Å². The lowest BCUT2D eigenvalue weighted by atomic mass is 10.1. The van der Waals surface area contributed by atoms with Crippen LogP contribution in [0.2, 0.25) is 0 Å². The molecule has 0 aliphatic carbocycles. The highest BCUT2D eigenvalue weighted by Crippen LogP contribution is 2.21. The van der Waals surface area contributed by atoms with E-state index in [2.05, 4.69) is 40.4 Å². The van der Waals surface area contributed by atoms with Gasteiger partial charge in [-0.05, 0) is 37.0 Å². The van der Waals surface area contributed by atoms with Crippen molar-refractivity contribution in [2.24, 2.45) is 5.92 Å². The van der Waals surface area contributed by atoms with Crippen molar-refractivity contribution in [2.45, 2.75) is 26.7 Å². The SMILES string of the molecule is CC(C)CCCNC(=O)Nc1ccc(Br)cc1C(=O)O. The summed E-state index contributed by atoms with van der Waals surface area (Å²) in [6, 6.07) is 4.30. The second-order valence-corrected chi connectivity index (χ2v) is 5.83. The van der Waals surface area contributed by atoms with Gasteiger partial charge >= 0.3 is 12.0 Å². The number of carboxylic acids is 1. The number of carbonyl (C=O) groups excluding carboxylic acids is 1. The lowest BCUT2D eigenvalue weighted by molar-refractivity contribution is 0.0698. The highest BCUT2D eigenvalue weighted by molar-refractivity contribution is 9.10. The van der Waals surface area contributed by atoms with Gasteiger partial charge in [0.1, 0.15) is 0 Å². The number of urea groups is 1. The molecular formula is C14H19BrN2O3. The number of amides is 2. The van der Waals surface area contributed by atoms with Crippen LogP contribution in [0.15, 0.2) is 22.7 Å². The number of rotatable bonds is 6. The molecule has 0 fully saturated rings. The normalized spacial score (nSPS) is 10.4. The number of hydrogen-bond acceptors (Lipinski definition) is 2. The van der Waals surface area contributed by atoms with Crippen LogP contribution in [-0.4, -0.2) is 23.7 Å². The number of benzene rings is 1. The fraction of sp³-hybridized carbons (Fsp3) is 0.429. The average molecular weight is 343 g/mol. The molecule has 0 heterocycles. The van der Waals surface area contributed by atoms with Gasteiger partial charge in [0.15, 0.2) is 0 Å². The maximum Gasteiger partial charge on any atom is 0.337 e. The molecule has 0 radical (unpaired) electrons. The first kappa shape index (κ1) is 16.5. The molecule has 0 aliphatic heterocycles. The van der Waals surface area contributed by atoms with Gasteiger partial charge in [-0.2, -0.15) is 0 Å². The first-order chi connectivity index (χ1) is 9.40. The molecule has 0 atom stereocenters. The summed E-state index contributed by atoms with van der Waals surface area (Å²) in [5.41, 5.74) is 0.332. The molecule has 0 bridgehead atoms. The average Bonchev–Trinajstić information content (AvgIpc) is 2.36. The Morgan fingerprint density at radius 2 is 2.05 bits per heavy atom. The summed E-state index contributed by atoms with van der Waals surface area (Å²) >= 11 is 3.20. The highest BCUT2D eigenvalue weighted by atomic mass is 79.9. The summed E-state index contributed by atoms with van der Waals surface area (Å²) in [4.78, 5) is 22.8. The minimum atomic E-state index is -1.08. The minimum absolute atomic E-state index is 0.0525. The van der Waals surface area contributed by atoms with Gasteiger partial charge in [-0.25, -0.2) is 9.59 Å². The Labute approximate surface area is 126 Å². The lowest BCUT2D eigenvalue weighted by Gasteiger charge is -2.10. The van der Waals surface area contributed by atoms with Crippen LogP contribution in [-0.2, 0) is 0 Å². The Kier molecular flexibility index (Phi) is 6.51. The third-order valence-corrected chi connectivity index (χ3v) is 3.20. The van der Waals surface area contributed by atoms with Crippen molar-refractivity contribution in [3.8, 4) is 0 Å². The maximum atomic E-state index is 11.7. The molecule has 1 rings (SSSR count). The molecule has 0 aliphatic rings. The topological polar surface area (TPSA) is 78.4 Å². The molecule has 0 aromatic heterocycles. The Balaban J connectivity index is 2.55. The number of carbonyl (C=O) groups is 2. The molecule has 0 spiro atoms. The predicted molar refractivity (Wildman–Crippen MR) is 82.2 cm³/mol. The molecule has 0 unspecified atom stereocenters. The third-order valence-electron chi connectivity index (χ3n) is 2.70. The second kappa shape index (κ2) is 7.89. The summed E-state index contributed by atoms with van der Waals surface area (Å²) < 4.78 is 0.651. The molecule has 5 nitrogen and oxygen atoms in total. The van der Waals surface area contributed by atoms with Crippen molar-refractivity contribution in [1.82, 2.24) is 5.32 Å². The van der Waals surface area contributed by atoms with Crippen LogP contribution in [0.4, 0.5) is 10.5 Å². The van der Waals surface area contributed by atoms with Crippen LogP contribution in [0.25, 0.3) is 0 Å². The summed E-state index contributed by atoms with van der Waals surface area (Å²) in [6.45, 7) is 4.82. The Morgan fingerprint density at radius 3 is 2.65 bits per heavy atom. The van der Waals surface area contributed by atoms with Crippen molar-refractivity contribution >= 4 is 33.6 Å². The van der Waals surface area contributed by atoms with Gasteiger partial charge in [-0.3, -0.25) is 0 Å². The van der Waals surface area contributed by atoms with Crippen LogP contribution in [0.1, 0.15) is 37.0 Å².